The van der Waals surface area contributed by atoms with Crippen LogP contribution in [0, 0.1) is 0 Å². The van der Waals surface area contributed by atoms with E-state index in [1.54, 1.807) is 19.2 Å². The number of amides is 1. The van der Waals surface area contributed by atoms with Crippen LogP contribution >= 0.6 is 0 Å². The van der Waals surface area contributed by atoms with Gasteiger partial charge < -0.3 is 19.4 Å². The van der Waals surface area contributed by atoms with E-state index in [1.807, 2.05) is 18.2 Å². The molecule has 6 nitrogen and oxygen atoms in total. The van der Waals surface area contributed by atoms with Gasteiger partial charge in [0.25, 0.3) is 5.91 Å². The van der Waals surface area contributed by atoms with Crippen molar-refractivity contribution in [1.29, 1.82) is 0 Å². The summed E-state index contributed by atoms with van der Waals surface area (Å²) in [5.41, 5.74) is 4.23. The van der Waals surface area contributed by atoms with Crippen molar-refractivity contribution in [3.63, 3.8) is 0 Å². The number of methoxy groups -OCH3 is 1. The number of rotatable bonds is 13. The van der Waals surface area contributed by atoms with Gasteiger partial charge in [-0.25, -0.2) is 4.98 Å². The van der Waals surface area contributed by atoms with Crippen molar-refractivity contribution in [3.8, 4) is 11.5 Å². The van der Waals surface area contributed by atoms with Gasteiger partial charge in [-0.15, -0.1) is 0 Å². The van der Waals surface area contributed by atoms with Gasteiger partial charge in [0.1, 0.15) is 17.3 Å². The highest BCUT2D eigenvalue weighted by Crippen LogP contribution is 2.24. The lowest BCUT2D eigenvalue weighted by molar-refractivity contribution is 0.0950. The Labute approximate surface area is 232 Å². The van der Waals surface area contributed by atoms with Crippen molar-refractivity contribution < 1.29 is 14.3 Å². The average molecular weight is 528 g/mol. The first-order valence-electron chi connectivity index (χ1n) is 14.0. The van der Waals surface area contributed by atoms with Gasteiger partial charge in [0.2, 0.25) is 0 Å². The van der Waals surface area contributed by atoms with Crippen molar-refractivity contribution in [1.82, 2.24) is 14.9 Å². The summed E-state index contributed by atoms with van der Waals surface area (Å²) in [6.07, 6.45) is 4.77. The van der Waals surface area contributed by atoms with Crippen LogP contribution in [0.3, 0.4) is 0 Å². The normalized spacial score (nSPS) is 11.5. The van der Waals surface area contributed by atoms with Crippen LogP contribution in [-0.4, -0.2) is 35.7 Å². The number of aryl methyl sites for hydroxylation is 2. The molecule has 4 aromatic rings. The average Bonchev–Trinajstić information content (AvgIpc) is 3.29. The van der Waals surface area contributed by atoms with E-state index in [4.69, 9.17) is 14.5 Å². The third-order valence-corrected chi connectivity index (χ3v) is 6.96. The second kappa shape index (κ2) is 13.3. The molecule has 0 aliphatic rings. The molecule has 0 fully saturated rings. The van der Waals surface area contributed by atoms with E-state index in [2.05, 4.69) is 73.1 Å². The molecule has 206 valence electrons. The van der Waals surface area contributed by atoms with Crippen LogP contribution in [-0.2, 0) is 18.4 Å². The Balaban J connectivity index is 1.24. The Hall–Kier alpha value is -3.80. The van der Waals surface area contributed by atoms with E-state index in [0.29, 0.717) is 24.5 Å². The van der Waals surface area contributed by atoms with E-state index >= 15 is 0 Å². The molecule has 0 bridgehead atoms. The van der Waals surface area contributed by atoms with Crippen molar-refractivity contribution >= 4 is 16.9 Å². The Morgan fingerprint density at radius 1 is 0.897 bits per heavy atom. The Kier molecular flexibility index (Phi) is 9.64. The molecule has 0 aliphatic heterocycles. The van der Waals surface area contributed by atoms with Gasteiger partial charge in [-0.1, -0.05) is 63.6 Å². The zero-order valence-corrected chi connectivity index (χ0v) is 23.7. The Bertz CT molecular complexity index is 1350. The van der Waals surface area contributed by atoms with Crippen LogP contribution in [0.2, 0.25) is 0 Å². The first-order valence-corrected chi connectivity index (χ1v) is 14.0. The fraction of sp³-hybridized carbons (Fsp3) is 0.394. The molecule has 0 aliphatic carbocycles. The standard InChI is InChI=1S/C33H41N3O3/c1-33(2,3)25-18-20-26(21-19-25)39-24-12-23-36-29-15-9-8-14-28(29)35-31(36)17-6-5-11-22-34-32(37)27-13-7-10-16-30(27)38-4/h7-10,13-16,18-21H,5-6,11-12,17,22-24H2,1-4H3,(H,34,37). The highest BCUT2D eigenvalue weighted by molar-refractivity contribution is 5.96. The van der Waals surface area contributed by atoms with E-state index in [-0.39, 0.29) is 11.3 Å². The monoisotopic (exact) mass is 527 g/mol. The van der Waals surface area contributed by atoms with Crippen LogP contribution in [0.15, 0.2) is 72.8 Å². The third kappa shape index (κ3) is 7.62. The minimum Gasteiger partial charge on any atom is -0.496 e. The number of benzene rings is 3. The van der Waals surface area contributed by atoms with Gasteiger partial charge in [-0.2, -0.15) is 0 Å². The molecule has 1 aromatic heterocycles. The number of nitrogens with one attached hydrogen (secondary N) is 1. The molecule has 1 N–H and O–H groups in total. The van der Waals surface area contributed by atoms with Crippen LogP contribution in [0.5, 0.6) is 11.5 Å². The lowest BCUT2D eigenvalue weighted by Crippen LogP contribution is -2.24. The lowest BCUT2D eigenvalue weighted by Gasteiger charge is -2.19. The predicted molar refractivity (Wildman–Crippen MR) is 158 cm³/mol. The summed E-state index contributed by atoms with van der Waals surface area (Å²) in [7, 11) is 1.58. The van der Waals surface area contributed by atoms with Gasteiger partial charge in [0, 0.05) is 19.5 Å². The molecule has 0 saturated carbocycles. The molecule has 0 saturated heterocycles. The van der Waals surface area contributed by atoms with Gasteiger partial charge in [-0.3, -0.25) is 4.79 Å². The molecule has 3 aromatic carbocycles. The van der Waals surface area contributed by atoms with Gasteiger partial charge in [0.15, 0.2) is 0 Å². The molecular weight excluding hydrogens is 486 g/mol. The summed E-state index contributed by atoms with van der Waals surface area (Å²) in [5, 5.41) is 3.01. The summed E-state index contributed by atoms with van der Waals surface area (Å²) < 4.78 is 13.7. The zero-order chi connectivity index (χ0) is 27.7. The molecule has 0 spiro atoms. The summed E-state index contributed by atoms with van der Waals surface area (Å²) in [6.45, 7) is 8.82. The Morgan fingerprint density at radius 2 is 1.64 bits per heavy atom. The van der Waals surface area contributed by atoms with Crippen LogP contribution in [0.4, 0.5) is 0 Å². The molecule has 39 heavy (non-hydrogen) atoms. The number of hydrogen-bond donors (Lipinski definition) is 1. The van der Waals surface area contributed by atoms with Crippen molar-refractivity contribution in [2.24, 2.45) is 0 Å². The van der Waals surface area contributed by atoms with Crippen LogP contribution in [0.1, 0.15) is 68.2 Å². The molecule has 1 heterocycles. The predicted octanol–water partition coefficient (Wildman–Crippen LogP) is 6.95. The number of carbonyl (C=O) groups is 1. The molecule has 0 atom stereocenters. The molecule has 6 heteroatoms. The minimum absolute atomic E-state index is 0.0957. The number of nitrogens with zero attached hydrogens (tertiary/aromatic N) is 2. The fourth-order valence-corrected chi connectivity index (χ4v) is 4.74. The summed E-state index contributed by atoms with van der Waals surface area (Å²) >= 11 is 0. The number of hydrogen-bond acceptors (Lipinski definition) is 4. The van der Waals surface area contributed by atoms with E-state index in [0.717, 1.165) is 55.7 Å². The quantitative estimate of drug-likeness (QED) is 0.191. The first kappa shape index (κ1) is 28.2. The summed E-state index contributed by atoms with van der Waals surface area (Å²) in [5.74, 6) is 2.53. The van der Waals surface area contributed by atoms with Gasteiger partial charge in [0.05, 0.1) is 30.3 Å². The molecule has 0 unspecified atom stereocenters. The van der Waals surface area contributed by atoms with Crippen molar-refractivity contribution in [3.05, 3.63) is 89.7 Å². The molecule has 4 rings (SSSR count). The van der Waals surface area contributed by atoms with Crippen molar-refractivity contribution in [2.75, 3.05) is 20.3 Å². The highest BCUT2D eigenvalue weighted by atomic mass is 16.5. The van der Waals surface area contributed by atoms with E-state index in [9.17, 15) is 4.79 Å². The van der Waals surface area contributed by atoms with Crippen LogP contribution < -0.4 is 14.8 Å². The number of imidazole rings is 1. The summed E-state index contributed by atoms with van der Waals surface area (Å²) in [4.78, 5) is 17.4. The van der Waals surface area contributed by atoms with Gasteiger partial charge >= 0.3 is 0 Å². The largest absolute Gasteiger partial charge is 0.496 e. The smallest absolute Gasteiger partial charge is 0.255 e. The lowest BCUT2D eigenvalue weighted by atomic mass is 9.87. The minimum atomic E-state index is -0.0957. The third-order valence-electron chi connectivity index (χ3n) is 6.96. The second-order valence-electron chi connectivity index (χ2n) is 10.9. The SMILES string of the molecule is COc1ccccc1C(=O)NCCCCCc1nc2ccccc2n1CCCOc1ccc(C(C)(C)C)cc1. The summed E-state index contributed by atoms with van der Waals surface area (Å²) in [6, 6.07) is 24.1. The maximum atomic E-state index is 12.5. The van der Waals surface area contributed by atoms with E-state index in [1.165, 1.54) is 11.1 Å². The van der Waals surface area contributed by atoms with E-state index < -0.39 is 0 Å². The number of aromatic nitrogens is 2. The van der Waals surface area contributed by atoms with Gasteiger partial charge in [-0.05, 0) is 66.6 Å². The number of unbranched alkanes of at least 4 members (excludes halogenated alkanes) is 2. The van der Waals surface area contributed by atoms with Crippen molar-refractivity contribution in [2.45, 2.75) is 64.8 Å². The first-order chi connectivity index (χ1) is 18.9. The zero-order valence-electron chi connectivity index (χ0n) is 23.7. The number of carbonyl (C=O) groups excluding carboxylic acids is 1. The molecule has 1 amide bonds. The highest BCUT2D eigenvalue weighted by Gasteiger charge is 2.14. The number of para-hydroxylation sites is 3. The molecule has 0 radical (unpaired) electrons. The second-order valence-corrected chi connectivity index (χ2v) is 10.9. The fourth-order valence-electron chi connectivity index (χ4n) is 4.74. The number of ether oxygens (including phenoxy) is 2. The number of fused-ring (bicyclic) bond motifs is 1. The Morgan fingerprint density at radius 3 is 2.41 bits per heavy atom. The molecular formula is C33H41N3O3. The van der Waals surface area contributed by atoms with Crippen LogP contribution in [0.25, 0.3) is 11.0 Å². The topological polar surface area (TPSA) is 65.4 Å². The maximum Gasteiger partial charge on any atom is 0.255 e. The maximum absolute atomic E-state index is 12.5.